The van der Waals surface area contributed by atoms with E-state index in [-0.39, 0.29) is 0 Å². The van der Waals surface area contributed by atoms with Crippen LogP contribution in [0.1, 0.15) is 20.3 Å². The topological polar surface area (TPSA) is 55.0 Å². The predicted molar refractivity (Wildman–Crippen MR) is 59.2 cm³/mol. The Morgan fingerprint density at radius 3 is 2.57 bits per heavy atom. The minimum Gasteiger partial charge on any atom is -0.382 e. The van der Waals surface area contributed by atoms with E-state index in [0.717, 1.165) is 18.8 Å². The van der Waals surface area contributed by atoms with E-state index in [0.29, 0.717) is 11.7 Å². The average Bonchev–Trinajstić information content (AvgIpc) is 2.15. The van der Waals surface area contributed by atoms with Gasteiger partial charge in [-0.2, -0.15) is 0 Å². The van der Waals surface area contributed by atoms with E-state index >= 15 is 0 Å². The third kappa shape index (κ3) is 3.20. The Labute approximate surface area is 85.1 Å². The SMILES string of the molecule is CC(C)CCN(C)c1ccc(N)nn1. The van der Waals surface area contributed by atoms with Crippen molar-refractivity contribution in [3.63, 3.8) is 0 Å². The number of nitrogens with zero attached hydrogens (tertiary/aromatic N) is 3. The summed E-state index contributed by atoms with van der Waals surface area (Å²) in [5.74, 6) is 2.05. The zero-order chi connectivity index (χ0) is 10.6. The lowest BCUT2D eigenvalue weighted by molar-refractivity contribution is 0.583. The largest absolute Gasteiger partial charge is 0.382 e. The molecule has 0 saturated carbocycles. The number of hydrogen-bond acceptors (Lipinski definition) is 4. The summed E-state index contributed by atoms with van der Waals surface area (Å²) in [7, 11) is 2.02. The molecule has 1 aromatic rings. The second kappa shape index (κ2) is 4.79. The van der Waals surface area contributed by atoms with E-state index in [9.17, 15) is 0 Å². The van der Waals surface area contributed by atoms with Crippen LogP contribution >= 0.6 is 0 Å². The molecule has 0 amide bonds. The molecule has 0 aromatic carbocycles. The van der Waals surface area contributed by atoms with E-state index in [1.165, 1.54) is 0 Å². The average molecular weight is 194 g/mol. The number of anilines is 2. The van der Waals surface area contributed by atoms with Crippen LogP contribution in [0.2, 0.25) is 0 Å². The van der Waals surface area contributed by atoms with Gasteiger partial charge in [-0.1, -0.05) is 13.8 Å². The summed E-state index contributed by atoms with van der Waals surface area (Å²) in [5, 5.41) is 7.82. The molecule has 14 heavy (non-hydrogen) atoms. The van der Waals surface area contributed by atoms with Gasteiger partial charge in [-0.25, -0.2) is 0 Å². The maximum absolute atomic E-state index is 5.46. The lowest BCUT2D eigenvalue weighted by atomic mass is 10.1. The third-order valence-corrected chi connectivity index (χ3v) is 2.10. The summed E-state index contributed by atoms with van der Waals surface area (Å²) in [6, 6.07) is 3.66. The highest BCUT2D eigenvalue weighted by Gasteiger charge is 2.03. The smallest absolute Gasteiger partial charge is 0.151 e. The van der Waals surface area contributed by atoms with Gasteiger partial charge in [0.25, 0.3) is 0 Å². The van der Waals surface area contributed by atoms with Gasteiger partial charge in [0, 0.05) is 13.6 Å². The number of nitrogen functional groups attached to an aromatic ring is 1. The molecule has 0 saturated heterocycles. The zero-order valence-electron chi connectivity index (χ0n) is 9.07. The first kappa shape index (κ1) is 10.8. The Morgan fingerprint density at radius 1 is 1.36 bits per heavy atom. The van der Waals surface area contributed by atoms with Crippen LogP contribution in [0.15, 0.2) is 12.1 Å². The minimum atomic E-state index is 0.464. The second-order valence-corrected chi connectivity index (χ2v) is 3.92. The van der Waals surface area contributed by atoms with E-state index in [1.807, 2.05) is 13.1 Å². The van der Waals surface area contributed by atoms with Gasteiger partial charge in [0.2, 0.25) is 0 Å². The molecule has 4 heteroatoms. The second-order valence-electron chi connectivity index (χ2n) is 3.92. The highest BCUT2D eigenvalue weighted by molar-refractivity contribution is 5.40. The van der Waals surface area contributed by atoms with Gasteiger partial charge in [0.15, 0.2) is 5.82 Å². The molecule has 0 bridgehead atoms. The van der Waals surface area contributed by atoms with Crippen molar-refractivity contribution in [1.29, 1.82) is 0 Å². The van der Waals surface area contributed by atoms with Crippen molar-refractivity contribution in [1.82, 2.24) is 10.2 Å². The van der Waals surface area contributed by atoms with E-state index in [2.05, 4.69) is 28.9 Å². The molecule has 2 N–H and O–H groups in total. The van der Waals surface area contributed by atoms with Crippen LogP contribution < -0.4 is 10.6 Å². The Morgan fingerprint density at radius 2 is 2.07 bits per heavy atom. The summed E-state index contributed by atoms with van der Waals surface area (Å²) in [4.78, 5) is 2.09. The Bertz CT molecular complexity index is 268. The van der Waals surface area contributed by atoms with Gasteiger partial charge in [-0.05, 0) is 24.5 Å². The molecule has 4 nitrogen and oxygen atoms in total. The monoisotopic (exact) mass is 194 g/mol. The highest BCUT2D eigenvalue weighted by atomic mass is 15.3. The molecular weight excluding hydrogens is 176 g/mol. The first-order chi connectivity index (χ1) is 6.59. The molecule has 0 aliphatic rings. The van der Waals surface area contributed by atoms with Crippen LogP contribution in [0.4, 0.5) is 11.6 Å². The van der Waals surface area contributed by atoms with Gasteiger partial charge < -0.3 is 10.6 Å². The molecule has 0 unspecified atom stereocenters. The van der Waals surface area contributed by atoms with Crippen LogP contribution in [0, 0.1) is 5.92 Å². The Balaban J connectivity index is 2.52. The van der Waals surface area contributed by atoms with Crippen molar-refractivity contribution < 1.29 is 0 Å². The molecule has 1 aromatic heterocycles. The molecule has 0 fully saturated rings. The lowest BCUT2D eigenvalue weighted by Crippen LogP contribution is -2.21. The minimum absolute atomic E-state index is 0.464. The van der Waals surface area contributed by atoms with Crippen LogP contribution in [-0.2, 0) is 0 Å². The van der Waals surface area contributed by atoms with Gasteiger partial charge >= 0.3 is 0 Å². The van der Waals surface area contributed by atoms with Crippen LogP contribution in [-0.4, -0.2) is 23.8 Å². The fourth-order valence-electron chi connectivity index (χ4n) is 1.11. The summed E-state index contributed by atoms with van der Waals surface area (Å²) in [5.41, 5.74) is 5.46. The maximum atomic E-state index is 5.46. The Hall–Kier alpha value is -1.32. The fraction of sp³-hybridized carbons (Fsp3) is 0.600. The van der Waals surface area contributed by atoms with E-state index in [4.69, 9.17) is 5.73 Å². The number of nitrogens with two attached hydrogens (primary N) is 1. The molecular formula is C10H18N4. The molecule has 0 aliphatic heterocycles. The van der Waals surface area contributed by atoms with Crippen molar-refractivity contribution in [3.05, 3.63) is 12.1 Å². The summed E-state index contributed by atoms with van der Waals surface area (Å²) in [6.45, 7) is 5.42. The van der Waals surface area contributed by atoms with Crippen LogP contribution in [0.5, 0.6) is 0 Å². The maximum Gasteiger partial charge on any atom is 0.151 e. The van der Waals surface area contributed by atoms with Crippen LogP contribution in [0.3, 0.4) is 0 Å². The van der Waals surface area contributed by atoms with Crippen molar-refractivity contribution in [3.8, 4) is 0 Å². The third-order valence-electron chi connectivity index (χ3n) is 2.10. The quantitative estimate of drug-likeness (QED) is 0.790. The summed E-state index contributed by atoms with van der Waals surface area (Å²) >= 11 is 0. The van der Waals surface area contributed by atoms with Crippen molar-refractivity contribution >= 4 is 11.6 Å². The molecule has 0 atom stereocenters. The highest BCUT2D eigenvalue weighted by Crippen LogP contribution is 2.10. The van der Waals surface area contributed by atoms with E-state index in [1.54, 1.807) is 6.07 Å². The van der Waals surface area contributed by atoms with Crippen molar-refractivity contribution in [2.75, 3.05) is 24.2 Å². The molecule has 78 valence electrons. The first-order valence-electron chi connectivity index (χ1n) is 4.90. The molecule has 1 heterocycles. The van der Waals surface area contributed by atoms with Gasteiger partial charge in [0.05, 0.1) is 0 Å². The first-order valence-corrected chi connectivity index (χ1v) is 4.90. The van der Waals surface area contributed by atoms with Gasteiger partial charge in [-0.3, -0.25) is 0 Å². The summed E-state index contributed by atoms with van der Waals surface area (Å²) < 4.78 is 0. The normalized spacial score (nSPS) is 10.6. The number of hydrogen-bond donors (Lipinski definition) is 1. The zero-order valence-corrected chi connectivity index (χ0v) is 9.07. The lowest BCUT2D eigenvalue weighted by Gasteiger charge is -2.18. The van der Waals surface area contributed by atoms with Crippen molar-refractivity contribution in [2.45, 2.75) is 20.3 Å². The van der Waals surface area contributed by atoms with Gasteiger partial charge in [-0.15, -0.1) is 10.2 Å². The molecule has 0 radical (unpaired) electrons. The predicted octanol–water partition coefficient (Wildman–Crippen LogP) is 1.54. The molecule has 0 aliphatic carbocycles. The molecule has 1 rings (SSSR count). The Kier molecular flexibility index (Phi) is 3.68. The number of rotatable bonds is 4. The fourth-order valence-corrected chi connectivity index (χ4v) is 1.11. The van der Waals surface area contributed by atoms with Crippen LogP contribution in [0.25, 0.3) is 0 Å². The summed E-state index contributed by atoms with van der Waals surface area (Å²) in [6.07, 6.45) is 1.16. The standard InChI is InChI=1S/C10H18N4/c1-8(2)6-7-14(3)10-5-4-9(11)12-13-10/h4-5,8H,6-7H2,1-3H3,(H2,11,12). The van der Waals surface area contributed by atoms with Gasteiger partial charge in [0.1, 0.15) is 5.82 Å². The molecule has 0 spiro atoms. The number of aromatic nitrogens is 2. The van der Waals surface area contributed by atoms with Crippen molar-refractivity contribution in [2.24, 2.45) is 5.92 Å². The van der Waals surface area contributed by atoms with E-state index < -0.39 is 0 Å².